The van der Waals surface area contributed by atoms with Crippen LogP contribution in [0.25, 0.3) is 0 Å². The number of carbonyl (C=O) groups is 1. The van der Waals surface area contributed by atoms with E-state index in [9.17, 15) is 4.79 Å². The largest absolute Gasteiger partial charge is 0.481 e. The van der Waals surface area contributed by atoms with Gasteiger partial charge in [-0.05, 0) is 44.1 Å². The summed E-state index contributed by atoms with van der Waals surface area (Å²) in [7, 11) is 0. The van der Waals surface area contributed by atoms with Crippen LogP contribution in [0.4, 0.5) is 0 Å². The number of hydrogen-bond donors (Lipinski definition) is 1. The van der Waals surface area contributed by atoms with Gasteiger partial charge in [0.15, 0.2) is 0 Å². The second-order valence-electron chi connectivity index (χ2n) is 4.81. The molecule has 1 aliphatic heterocycles. The summed E-state index contributed by atoms with van der Waals surface area (Å²) < 4.78 is 0. The first-order valence-corrected chi connectivity index (χ1v) is 5.68. The third-order valence-corrected chi connectivity index (χ3v) is 3.28. The normalized spacial score (nSPS) is 29.0. The van der Waals surface area contributed by atoms with Crippen LogP contribution in [-0.4, -0.2) is 35.6 Å². The van der Waals surface area contributed by atoms with Crippen LogP contribution in [0.2, 0.25) is 0 Å². The summed E-state index contributed by atoms with van der Waals surface area (Å²) in [4.78, 5) is 13.1. The van der Waals surface area contributed by atoms with E-state index in [0.29, 0.717) is 12.3 Å². The summed E-state index contributed by atoms with van der Waals surface area (Å²) in [6.45, 7) is 3.42. The van der Waals surface area contributed by atoms with Crippen LogP contribution in [0, 0.1) is 11.8 Å². The number of hydrogen-bond acceptors (Lipinski definition) is 2. The van der Waals surface area contributed by atoms with E-state index in [1.807, 2.05) is 0 Å². The van der Waals surface area contributed by atoms with Crippen LogP contribution in [0.1, 0.15) is 32.1 Å². The van der Waals surface area contributed by atoms with Gasteiger partial charge in [0.25, 0.3) is 0 Å². The molecule has 2 rings (SSSR count). The van der Waals surface area contributed by atoms with Gasteiger partial charge >= 0.3 is 5.97 Å². The Bertz CT molecular complexity index is 213. The second-order valence-corrected chi connectivity index (χ2v) is 4.81. The van der Waals surface area contributed by atoms with E-state index in [0.717, 1.165) is 18.9 Å². The van der Waals surface area contributed by atoms with Crippen LogP contribution < -0.4 is 0 Å². The average Bonchev–Trinajstić information content (AvgIpc) is 2.87. The topological polar surface area (TPSA) is 40.5 Å². The fraction of sp³-hybridized carbons (Fsp3) is 0.909. The van der Waals surface area contributed by atoms with Gasteiger partial charge in [-0.2, -0.15) is 0 Å². The molecule has 0 bridgehead atoms. The molecular formula is C11H19NO2. The van der Waals surface area contributed by atoms with E-state index in [1.54, 1.807) is 0 Å². The number of rotatable bonds is 4. The first-order valence-electron chi connectivity index (χ1n) is 5.68. The Kier molecular flexibility index (Phi) is 3.06. The Balaban J connectivity index is 1.74. The Morgan fingerprint density at radius 1 is 1.29 bits per heavy atom. The Hall–Kier alpha value is -0.570. The fourth-order valence-electron chi connectivity index (χ4n) is 2.40. The number of likely N-dealkylation sites (tertiary alicyclic amines) is 1. The molecule has 0 aromatic heterocycles. The molecule has 2 fully saturated rings. The average molecular weight is 197 g/mol. The molecule has 3 heteroatoms. The minimum Gasteiger partial charge on any atom is -0.481 e. The molecule has 80 valence electrons. The minimum atomic E-state index is -0.636. The molecule has 1 N–H and O–H groups in total. The van der Waals surface area contributed by atoms with Crippen molar-refractivity contribution in [3.05, 3.63) is 0 Å². The van der Waals surface area contributed by atoms with E-state index in [-0.39, 0.29) is 0 Å². The molecule has 1 saturated carbocycles. The molecule has 1 aliphatic carbocycles. The van der Waals surface area contributed by atoms with Crippen molar-refractivity contribution in [2.75, 3.05) is 19.6 Å². The summed E-state index contributed by atoms with van der Waals surface area (Å²) >= 11 is 0. The molecule has 1 saturated heterocycles. The van der Waals surface area contributed by atoms with Gasteiger partial charge < -0.3 is 10.0 Å². The first kappa shape index (κ1) is 9.97. The molecule has 2 aliphatic rings. The van der Waals surface area contributed by atoms with Crippen molar-refractivity contribution in [3.63, 3.8) is 0 Å². The zero-order valence-corrected chi connectivity index (χ0v) is 8.61. The monoisotopic (exact) mass is 197 g/mol. The molecule has 0 spiro atoms. The van der Waals surface area contributed by atoms with Crippen LogP contribution in [0.3, 0.4) is 0 Å². The highest BCUT2D eigenvalue weighted by Crippen LogP contribution is 2.31. The lowest BCUT2D eigenvalue weighted by atomic mass is 9.95. The molecule has 0 radical (unpaired) electrons. The van der Waals surface area contributed by atoms with Crippen molar-refractivity contribution >= 4 is 5.97 Å². The number of aliphatic carboxylic acids is 1. The molecule has 14 heavy (non-hydrogen) atoms. The van der Waals surface area contributed by atoms with Crippen molar-refractivity contribution in [1.82, 2.24) is 4.90 Å². The maximum Gasteiger partial charge on any atom is 0.303 e. The minimum absolute atomic E-state index is 0.362. The van der Waals surface area contributed by atoms with E-state index < -0.39 is 5.97 Å². The lowest BCUT2D eigenvalue weighted by molar-refractivity contribution is -0.138. The predicted octanol–water partition coefficient (Wildman–Crippen LogP) is 1.58. The van der Waals surface area contributed by atoms with Gasteiger partial charge in [-0.1, -0.05) is 0 Å². The second kappa shape index (κ2) is 4.30. The van der Waals surface area contributed by atoms with Gasteiger partial charge in [-0.3, -0.25) is 4.79 Å². The SMILES string of the molecule is O=C(O)CC1CCCN(CC2CC2)C1. The Morgan fingerprint density at radius 2 is 2.07 bits per heavy atom. The summed E-state index contributed by atoms with van der Waals surface area (Å²) in [5.74, 6) is 0.696. The highest BCUT2D eigenvalue weighted by Gasteiger charge is 2.28. The first-order chi connectivity index (χ1) is 6.74. The molecule has 3 nitrogen and oxygen atoms in total. The van der Waals surface area contributed by atoms with E-state index in [2.05, 4.69) is 4.90 Å². The zero-order chi connectivity index (χ0) is 9.97. The Labute approximate surface area is 85.1 Å². The maximum absolute atomic E-state index is 10.6. The lowest BCUT2D eigenvalue weighted by Gasteiger charge is -2.31. The van der Waals surface area contributed by atoms with Crippen LogP contribution in [0.5, 0.6) is 0 Å². The van der Waals surface area contributed by atoms with Crippen molar-refractivity contribution in [1.29, 1.82) is 0 Å². The molecule has 0 aromatic rings. The fourth-order valence-corrected chi connectivity index (χ4v) is 2.40. The Morgan fingerprint density at radius 3 is 2.71 bits per heavy atom. The maximum atomic E-state index is 10.6. The van der Waals surface area contributed by atoms with Gasteiger partial charge in [0, 0.05) is 19.5 Å². The van der Waals surface area contributed by atoms with Gasteiger partial charge in [0.05, 0.1) is 0 Å². The van der Waals surface area contributed by atoms with Gasteiger partial charge in [0.1, 0.15) is 0 Å². The van der Waals surface area contributed by atoms with E-state index in [1.165, 1.54) is 32.4 Å². The van der Waals surface area contributed by atoms with Crippen molar-refractivity contribution < 1.29 is 9.90 Å². The van der Waals surface area contributed by atoms with Gasteiger partial charge in [-0.15, -0.1) is 0 Å². The number of piperidine rings is 1. The molecule has 1 atom stereocenters. The summed E-state index contributed by atoms with van der Waals surface area (Å²) in [5.41, 5.74) is 0. The van der Waals surface area contributed by atoms with E-state index >= 15 is 0 Å². The third kappa shape index (κ3) is 2.98. The van der Waals surface area contributed by atoms with Crippen LogP contribution in [-0.2, 0) is 4.79 Å². The molecule has 0 aromatic carbocycles. The summed E-state index contributed by atoms with van der Waals surface area (Å²) in [5, 5.41) is 8.73. The summed E-state index contributed by atoms with van der Waals surface area (Å²) in [6.07, 6.45) is 5.43. The number of nitrogens with zero attached hydrogens (tertiary/aromatic N) is 1. The van der Waals surface area contributed by atoms with Crippen molar-refractivity contribution in [2.24, 2.45) is 11.8 Å². The smallest absolute Gasteiger partial charge is 0.303 e. The lowest BCUT2D eigenvalue weighted by Crippen LogP contribution is -2.37. The number of carboxylic acid groups (broad SMARTS) is 1. The molecular weight excluding hydrogens is 178 g/mol. The standard InChI is InChI=1S/C11H19NO2/c13-11(14)6-10-2-1-5-12(8-10)7-9-3-4-9/h9-10H,1-8H2,(H,13,14). The van der Waals surface area contributed by atoms with Crippen LogP contribution >= 0.6 is 0 Å². The highest BCUT2D eigenvalue weighted by atomic mass is 16.4. The van der Waals surface area contributed by atoms with E-state index in [4.69, 9.17) is 5.11 Å². The molecule has 0 amide bonds. The number of carboxylic acids is 1. The third-order valence-electron chi connectivity index (χ3n) is 3.28. The zero-order valence-electron chi connectivity index (χ0n) is 8.61. The van der Waals surface area contributed by atoms with Gasteiger partial charge in [-0.25, -0.2) is 0 Å². The predicted molar refractivity (Wildman–Crippen MR) is 54.1 cm³/mol. The highest BCUT2D eigenvalue weighted by molar-refractivity contribution is 5.67. The quantitative estimate of drug-likeness (QED) is 0.744. The summed E-state index contributed by atoms with van der Waals surface area (Å²) in [6, 6.07) is 0. The molecule has 1 unspecified atom stereocenters. The van der Waals surface area contributed by atoms with Gasteiger partial charge in [0.2, 0.25) is 0 Å². The van der Waals surface area contributed by atoms with Crippen molar-refractivity contribution in [3.8, 4) is 0 Å². The van der Waals surface area contributed by atoms with Crippen molar-refractivity contribution in [2.45, 2.75) is 32.1 Å². The van der Waals surface area contributed by atoms with Crippen LogP contribution in [0.15, 0.2) is 0 Å². The molecule has 1 heterocycles.